The van der Waals surface area contributed by atoms with E-state index in [-0.39, 0.29) is 5.95 Å². The summed E-state index contributed by atoms with van der Waals surface area (Å²) in [5.41, 5.74) is 9.84. The Labute approximate surface area is 266 Å². The van der Waals surface area contributed by atoms with Gasteiger partial charge in [0.05, 0.1) is 40.6 Å². The number of fused-ring (bicyclic) bond motifs is 9. The predicted octanol–water partition coefficient (Wildman–Crippen LogP) is 6.59. The number of hydrogen-bond donors (Lipinski definition) is 3. The van der Waals surface area contributed by atoms with Crippen molar-refractivity contribution >= 4 is 45.3 Å². The minimum atomic E-state index is -0.415. The lowest BCUT2D eigenvalue weighted by atomic mass is 10.0. The minimum Gasteiger partial charge on any atom is -0.354 e. The third-order valence-corrected chi connectivity index (χ3v) is 8.71. The van der Waals surface area contributed by atoms with Crippen LogP contribution in [0.1, 0.15) is 11.4 Å². The van der Waals surface area contributed by atoms with Crippen LogP contribution in [-0.4, -0.2) is 19.9 Å². The number of H-pyrrole nitrogens is 3. The van der Waals surface area contributed by atoms with Gasteiger partial charge in [-0.15, -0.1) is 13.2 Å². The smallest absolute Gasteiger partial charge is 0.354 e. The van der Waals surface area contributed by atoms with E-state index in [1.165, 1.54) is 31.9 Å². The summed E-state index contributed by atoms with van der Waals surface area (Å²) in [5.74, 6) is -1.20. The summed E-state index contributed by atoms with van der Waals surface area (Å²) >= 11 is 0. The fourth-order valence-electron chi connectivity index (χ4n) is 6.15. The highest BCUT2D eigenvalue weighted by Crippen LogP contribution is 2.36. The van der Waals surface area contributed by atoms with Gasteiger partial charge in [0, 0.05) is 73.6 Å². The summed E-state index contributed by atoms with van der Waals surface area (Å²) in [6.07, 6.45) is 8.80. The molecule has 0 saturated carbocycles. The molecule has 7 nitrogen and oxygen atoms in total. The summed E-state index contributed by atoms with van der Waals surface area (Å²) in [6.45, 7) is 0. The molecule has 0 aromatic carbocycles. The Hall–Kier alpha value is -6.03. The van der Waals surface area contributed by atoms with Gasteiger partial charge in [0.1, 0.15) is 21.1 Å². The number of nitrogens with one attached hydrogen (secondary N) is 3. The molecule has 1 aliphatic rings. The molecule has 10 heteroatoms. The minimum absolute atomic E-state index is 0.388. The second kappa shape index (κ2) is 10.8. The average molecular weight is 629 g/mol. The van der Waals surface area contributed by atoms with E-state index < -0.39 is 11.9 Å². The van der Waals surface area contributed by atoms with Crippen molar-refractivity contribution < 1.29 is 26.9 Å². The van der Waals surface area contributed by atoms with Crippen molar-refractivity contribution in [1.29, 1.82) is 0 Å². The van der Waals surface area contributed by atoms with E-state index >= 15 is 4.39 Å². The number of aromatic nitrogens is 7. The SMILES string of the molecule is C[n+]1ccc(-c2c3nc(c(-c4cc[n+](C)c(F)c4)c4ccc([nH]4)c4ccc([nH]4)c(-c4cc[n+](C)c(F)c4)c4ccc2[nH]4)C=C3)cc1F. The fourth-order valence-corrected chi connectivity index (χ4v) is 6.15. The van der Waals surface area contributed by atoms with Crippen LogP contribution < -0.4 is 13.7 Å². The molecule has 230 valence electrons. The molecule has 0 atom stereocenters. The van der Waals surface area contributed by atoms with E-state index in [9.17, 15) is 8.78 Å². The number of aryl methyl sites for hydroxylation is 3. The largest absolute Gasteiger partial charge is 0.359 e. The van der Waals surface area contributed by atoms with Crippen LogP contribution >= 0.6 is 0 Å². The van der Waals surface area contributed by atoms with Crippen LogP contribution in [0.25, 0.3) is 78.6 Å². The number of rotatable bonds is 3. The number of pyridine rings is 3. The van der Waals surface area contributed by atoms with E-state index in [2.05, 4.69) is 15.0 Å². The van der Waals surface area contributed by atoms with E-state index in [0.29, 0.717) is 44.7 Å². The fraction of sp³-hybridized carbons (Fsp3) is 0.0811. The summed E-state index contributed by atoms with van der Waals surface area (Å²) < 4.78 is 49.1. The third kappa shape index (κ3) is 4.85. The summed E-state index contributed by atoms with van der Waals surface area (Å²) in [7, 11) is 4.94. The van der Waals surface area contributed by atoms with Gasteiger partial charge < -0.3 is 15.0 Å². The number of aromatic amines is 3. The van der Waals surface area contributed by atoms with Gasteiger partial charge in [-0.25, -0.2) is 4.98 Å². The standard InChI is InChI=1S/C37H27F3N7/c1-45-15-12-21(18-32(45)38)35-26-6-4-24(41-26)25-5-7-27(42-25)36(22-13-16-46(2)33(39)19-22)29-9-11-31(44-29)37(30-10-8-28(35)43-30)23-14-17-47(3)34(40)20-23/h4-20H,1-3H3,(H,43,44)/q+1/p+2. The maximum Gasteiger partial charge on any atom is 0.359 e. The van der Waals surface area contributed by atoms with Crippen molar-refractivity contribution in [2.24, 2.45) is 21.1 Å². The molecule has 0 amide bonds. The molecule has 0 spiro atoms. The second-order valence-electron chi connectivity index (χ2n) is 11.7. The number of halogens is 3. The van der Waals surface area contributed by atoms with E-state index in [1.54, 1.807) is 39.7 Å². The number of nitrogens with zero attached hydrogens (tertiary/aromatic N) is 4. The van der Waals surface area contributed by atoms with E-state index in [1.807, 2.05) is 66.7 Å². The molecule has 8 heterocycles. The van der Waals surface area contributed by atoms with Crippen molar-refractivity contribution in [3.05, 3.63) is 121 Å². The molecule has 0 unspecified atom stereocenters. The lowest BCUT2D eigenvalue weighted by Crippen LogP contribution is -2.32. The Morgan fingerprint density at radius 3 is 1.15 bits per heavy atom. The Kier molecular flexibility index (Phi) is 6.54. The quantitative estimate of drug-likeness (QED) is 0.150. The summed E-state index contributed by atoms with van der Waals surface area (Å²) in [4.78, 5) is 15.7. The van der Waals surface area contributed by atoms with Crippen LogP contribution in [0.4, 0.5) is 13.2 Å². The van der Waals surface area contributed by atoms with Gasteiger partial charge in [-0.1, -0.05) is 0 Å². The highest BCUT2D eigenvalue weighted by Gasteiger charge is 2.20. The van der Waals surface area contributed by atoms with Crippen LogP contribution in [0.5, 0.6) is 0 Å². The molecule has 0 aliphatic carbocycles. The molecule has 0 fully saturated rings. The maximum atomic E-state index is 15.0. The van der Waals surface area contributed by atoms with Crippen LogP contribution in [-0.2, 0) is 21.1 Å². The average Bonchev–Trinajstić information content (AvgIpc) is 3.88. The lowest BCUT2D eigenvalue weighted by molar-refractivity contribution is -0.700. The highest BCUT2D eigenvalue weighted by molar-refractivity contribution is 5.99. The van der Waals surface area contributed by atoms with Gasteiger partial charge in [0.2, 0.25) is 0 Å². The molecular formula is C37H29F3N7+3. The Morgan fingerprint density at radius 2 is 0.766 bits per heavy atom. The molecule has 8 rings (SSSR count). The van der Waals surface area contributed by atoms with Crippen molar-refractivity contribution in [2.75, 3.05) is 0 Å². The highest BCUT2D eigenvalue weighted by atomic mass is 19.1. The predicted molar refractivity (Wildman–Crippen MR) is 175 cm³/mol. The zero-order valence-electron chi connectivity index (χ0n) is 25.7. The third-order valence-electron chi connectivity index (χ3n) is 8.71. The van der Waals surface area contributed by atoms with Gasteiger partial charge in [0.15, 0.2) is 18.6 Å². The van der Waals surface area contributed by atoms with Crippen LogP contribution in [0.2, 0.25) is 0 Å². The van der Waals surface area contributed by atoms with Crippen LogP contribution in [0.3, 0.4) is 0 Å². The first kappa shape index (κ1) is 28.4. The Morgan fingerprint density at radius 1 is 0.447 bits per heavy atom. The Balaban J connectivity index is 1.56. The molecular weight excluding hydrogens is 599 g/mol. The van der Waals surface area contributed by atoms with Crippen LogP contribution in [0, 0.1) is 17.8 Å². The Bertz CT molecular complexity index is 2560. The zero-order chi connectivity index (χ0) is 32.4. The lowest BCUT2D eigenvalue weighted by Gasteiger charge is -2.05. The van der Waals surface area contributed by atoms with Gasteiger partial charge >= 0.3 is 17.8 Å². The van der Waals surface area contributed by atoms with Gasteiger partial charge in [0.25, 0.3) is 0 Å². The monoisotopic (exact) mass is 628 g/mol. The molecule has 7 aromatic rings. The first-order chi connectivity index (χ1) is 22.7. The number of hydrogen-bond acceptors (Lipinski definition) is 1. The first-order valence-corrected chi connectivity index (χ1v) is 15.0. The summed E-state index contributed by atoms with van der Waals surface area (Å²) in [6, 6.07) is 21.7. The molecule has 1 aliphatic heterocycles. The zero-order valence-corrected chi connectivity index (χ0v) is 25.7. The molecule has 0 saturated heterocycles. The molecule has 7 aromatic heterocycles. The maximum absolute atomic E-state index is 15.0. The second-order valence-corrected chi connectivity index (χ2v) is 11.7. The molecule has 3 N–H and O–H groups in total. The van der Waals surface area contributed by atoms with Crippen molar-refractivity contribution in [2.45, 2.75) is 0 Å². The van der Waals surface area contributed by atoms with Gasteiger partial charge in [-0.05, 0) is 48.6 Å². The topological polar surface area (TPSA) is 71.9 Å². The van der Waals surface area contributed by atoms with Crippen LogP contribution in [0.15, 0.2) is 91.4 Å². The van der Waals surface area contributed by atoms with E-state index in [4.69, 9.17) is 4.98 Å². The van der Waals surface area contributed by atoms with E-state index in [0.717, 1.165) is 33.1 Å². The van der Waals surface area contributed by atoms with Crippen molar-refractivity contribution in [3.8, 4) is 33.4 Å². The normalized spacial score (nSPS) is 12.0. The van der Waals surface area contributed by atoms with Gasteiger partial charge in [-0.2, -0.15) is 13.7 Å². The van der Waals surface area contributed by atoms with Crippen molar-refractivity contribution in [1.82, 2.24) is 19.9 Å². The molecule has 0 radical (unpaired) electrons. The first-order valence-electron chi connectivity index (χ1n) is 15.0. The van der Waals surface area contributed by atoms with Crippen molar-refractivity contribution in [3.63, 3.8) is 0 Å². The molecule has 8 bridgehead atoms. The molecule has 47 heavy (non-hydrogen) atoms. The van der Waals surface area contributed by atoms with Gasteiger partial charge in [-0.3, -0.25) is 0 Å². The summed E-state index contributed by atoms with van der Waals surface area (Å²) in [5, 5.41) is 0.